The van der Waals surface area contributed by atoms with E-state index in [1.165, 1.54) is 58.2 Å². The zero-order valence-corrected chi connectivity index (χ0v) is 17.9. The van der Waals surface area contributed by atoms with Gasteiger partial charge in [-0.3, -0.25) is 0 Å². The van der Waals surface area contributed by atoms with Gasteiger partial charge in [-0.15, -0.1) is 0 Å². The Balaban J connectivity index is 1.79. The lowest BCUT2D eigenvalue weighted by atomic mass is 10.00. The van der Waals surface area contributed by atoms with Crippen LogP contribution in [0.3, 0.4) is 0 Å². The summed E-state index contributed by atoms with van der Waals surface area (Å²) in [4.78, 5) is 0. The van der Waals surface area contributed by atoms with Crippen molar-refractivity contribution < 1.29 is 0 Å². The van der Waals surface area contributed by atoms with Crippen LogP contribution in [0.5, 0.6) is 0 Å². The summed E-state index contributed by atoms with van der Waals surface area (Å²) in [6, 6.07) is 22.1. The highest BCUT2D eigenvalue weighted by atomic mass is 79.9. The fourth-order valence-electron chi connectivity index (χ4n) is 3.58. The molecule has 0 unspecified atom stereocenters. The minimum Gasteiger partial charge on any atom is -0.0654 e. The van der Waals surface area contributed by atoms with Crippen LogP contribution in [0.15, 0.2) is 69.6 Å². The molecule has 0 nitrogen and oxygen atoms in total. The van der Waals surface area contributed by atoms with Crippen molar-refractivity contribution in [2.45, 2.75) is 26.2 Å². The van der Waals surface area contributed by atoms with E-state index in [0.29, 0.717) is 0 Å². The molecule has 0 spiro atoms. The molecule has 3 aromatic rings. The van der Waals surface area contributed by atoms with Crippen molar-refractivity contribution in [3.05, 3.63) is 91.9 Å². The molecule has 0 amide bonds. The number of hydrogen-bond acceptors (Lipinski definition) is 0. The van der Waals surface area contributed by atoms with Crippen molar-refractivity contribution in [3.8, 4) is 11.1 Å². The molecule has 0 N–H and O–H groups in total. The molecule has 2 heteroatoms. The second-order valence-corrected chi connectivity index (χ2v) is 8.61. The van der Waals surface area contributed by atoms with Gasteiger partial charge in [0.2, 0.25) is 0 Å². The Morgan fingerprint density at radius 1 is 0.731 bits per heavy atom. The number of halogens is 2. The normalized spacial score (nSPS) is 12.0. The molecule has 0 heterocycles. The second kappa shape index (κ2) is 7.54. The molecule has 0 fully saturated rings. The highest BCUT2D eigenvalue weighted by Gasteiger charge is 2.23. The maximum Gasteiger partial charge on any atom is 0.0181 e. The van der Waals surface area contributed by atoms with Gasteiger partial charge in [0, 0.05) is 8.95 Å². The number of benzene rings is 3. The summed E-state index contributed by atoms with van der Waals surface area (Å²) < 4.78 is 2.23. The third kappa shape index (κ3) is 3.45. The third-order valence-corrected chi connectivity index (χ3v) is 5.93. The van der Waals surface area contributed by atoms with Crippen LogP contribution >= 0.6 is 31.9 Å². The first kappa shape index (κ1) is 17.8. The van der Waals surface area contributed by atoms with E-state index in [0.717, 1.165) is 8.95 Å². The number of aryl methyl sites for hydroxylation is 1. The molecule has 130 valence electrons. The summed E-state index contributed by atoms with van der Waals surface area (Å²) in [5.41, 5.74) is 9.16. The second-order valence-electron chi connectivity index (χ2n) is 6.78. The van der Waals surface area contributed by atoms with Crippen molar-refractivity contribution in [2.24, 2.45) is 0 Å². The fourth-order valence-corrected chi connectivity index (χ4v) is 4.30. The van der Waals surface area contributed by atoms with E-state index >= 15 is 0 Å². The van der Waals surface area contributed by atoms with Crippen LogP contribution < -0.4 is 0 Å². The Bertz CT molecular complexity index is 928. The van der Waals surface area contributed by atoms with E-state index in [9.17, 15) is 0 Å². The van der Waals surface area contributed by atoms with Gasteiger partial charge < -0.3 is 0 Å². The summed E-state index contributed by atoms with van der Waals surface area (Å²) in [7, 11) is 0. The fraction of sp³-hybridized carbons (Fsp3) is 0.167. The van der Waals surface area contributed by atoms with Gasteiger partial charge in [-0.25, -0.2) is 0 Å². The Hall–Kier alpha value is -1.64. The molecule has 1 aliphatic carbocycles. The summed E-state index contributed by atoms with van der Waals surface area (Å²) in [6.45, 7) is 2.24. The lowest BCUT2D eigenvalue weighted by molar-refractivity contribution is 0.795. The van der Waals surface area contributed by atoms with E-state index in [1.807, 2.05) is 0 Å². The summed E-state index contributed by atoms with van der Waals surface area (Å²) >= 11 is 7.27. The van der Waals surface area contributed by atoms with Crippen LogP contribution in [0.1, 0.15) is 42.0 Å². The average molecular weight is 468 g/mol. The van der Waals surface area contributed by atoms with E-state index in [1.54, 1.807) is 0 Å². The predicted molar refractivity (Wildman–Crippen MR) is 119 cm³/mol. The van der Waals surface area contributed by atoms with Crippen LogP contribution in [0.2, 0.25) is 0 Å². The highest BCUT2D eigenvalue weighted by Crippen LogP contribution is 2.46. The first-order valence-corrected chi connectivity index (χ1v) is 10.6. The smallest absolute Gasteiger partial charge is 0.0181 e. The molecule has 0 atom stereocenters. The van der Waals surface area contributed by atoms with Crippen LogP contribution in [0.4, 0.5) is 0 Å². The largest absolute Gasteiger partial charge is 0.0654 e. The Labute approximate surface area is 172 Å². The Kier molecular flexibility index (Phi) is 5.15. The molecule has 0 radical (unpaired) electrons. The third-order valence-electron chi connectivity index (χ3n) is 4.94. The number of hydrogen-bond donors (Lipinski definition) is 0. The lowest BCUT2D eigenvalue weighted by Crippen LogP contribution is -1.86. The first-order chi connectivity index (χ1) is 12.7. The number of unbranched alkanes of at least 4 members (excludes halogenated alkanes) is 1. The van der Waals surface area contributed by atoms with Gasteiger partial charge in [-0.2, -0.15) is 0 Å². The van der Waals surface area contributed by atoms with Gasteiger partial charge in [-0.1, -0.05) is 81.6 Å². The van der Waals surface area contributed by atoms with Crippen molar-refractivity contribution in [2.75, 3.05) is 0 Å². The minimum absolute atomic E-state index is 1.11. The maximum atomic E-state index is 3.63. The molecular weight excluding hydrogens is 448 g/mol. The molecular formula is C24H20Br2. The van der Waals surface area contributed by atoms with Crippen LogP contribution in [-0.4, -0.2) is 0 Å². The first-order valence-electron chi connectivity index (χ1n) is 9.06. The van der Waals surface area contributed by atoms with Gasteiger partial charge in [0.05, 0.1) is 0 Å². The lowest BCUT2D eigenvalue weighted by Gasteiger charge is -2.06. The van der Waals surface area contributed by atoms with E-state index < -0.39 is 0 Å². The molecule has 4 rings (SSSR count). The zero-order chi connectivity index (χ0) is 18.1. The predicted octanol–water partition coefficient (Wildman–Crippen LogP) is 8.12. The van der Waals surface area contributed by atoms with Gasteiger partial charge in [0.15, 0.2) is 0 Å². The monoisotopic (exact) mass is 466 g/mol. The maximum absolute atomic E-state index is 3.63. The van der Waals surface area contributed by atoms with Crippen molar-refractivity contribution in [3.63, 3.8) is 0 Å². The van der Waals surface area contributed by atoms with Crippen molar-refractivity contribution in [1.29, 1.82) is 0 Å². The van der Waals surface area contributed by atoms with Crippen LogP contribution in [0.25, 0.3) is 22.8 Å². The molecule has 1 aliphatic rings. The summed E-state index contributed by atoms with van der Waals surface area (Å²) in [5, 5.41) is 0. The van der Waals surface area contributed by atoms with E-state index in [-0.39, 0.29) is 0 Å². The quantitative estimate of drug-likeness (QED) is 0.284. The Morgan fingerprint density at radius 2 is 1.31 bits per heavy atom. The molecule has 0 saturated carbocycles. The van der Waals surface area contributed by atoms with Gasteiger partial charge in [-0.05, 0) is 82.1 Å². The molecule has 0 saturated heterocycles. The highest BCUT2D eigenvalue weighted by molar-refractivity contribution is 9.10. The minimum atomic E-state index is 1.11. The van der Waals surface area contributed by atoms with Crippen molar-refractivity contribution in [1.82, 2.24) is 0 Å². The topological polar surface area (TPSA) is 0 Å². The summed E-state index contributed by atoms with van der Waals surface area (Å²) in [5.74, 6) is 0. The molecule has 0 aliphatic heterocycles. The van der Waals surface area contributed by atoms with Gasteiger partial charge in [0.1, 0.15) is 0 Å². The van der Waals surface area contributed by atoms with Gasteiger partial charge in [0.25, 0.3) is 0 Å². The number of rotatable bonds is 4. The summed E-state index contributed by atoms with van der Waals surface area (Å²) in [6.07, 6.45) is 5.97. The van der Waals surface area contributed by atoms with E-state index in [2.05, 4.69) is 106 Å². The van der Waals surface area contributed by atoms with Crippen molar-refractivity contribution >= 4 is 43.5 Å². The Morgan fingerprint density at radius 3 is 1.85 bits per heavy atom. The number of fused-ring (bicyclic) bond motifs is 3. The molecule has 26 heavy (non-hydrogen) atoms. The van der Waals surface area contributed by atoms with Gasteiger partial charge >= 0.3 is 0 Å². The molecule has 3 aromatic carbocycles. The standard InChI is InChI=1S/C24H20Br2/c1-2-3-4-16-5-7-17(8-6-16)13-22-23-14-18(25)9-11-20(23)21-12-10-19(26)15-24(21)22/h5-15H,2-4H2,1H3. The molecule has 0 bridgehead atoms. The average Bonchev–Trinajstić information content (AvgIpc) is 2.93. The molecule has 0 aromatic heterocycles. The zero-order valence-electron chi connectivity index (χ0n) is 14.7. The van der Waals surface area contributed by atoms with Crippen LogP contribution in [0, 0.1) is 0 Å². The van der Waals surface area contributed by atoms with E-state index in [4.69, 9.17) is 0 Å². The van der Waals surface area contributed by atoms with Crippen LogP contribution in [-0.2, 0) is 6.42 Å². The SMILES string of the molecule is CCCCc1ccc(C=C2c3cc(Br)ccc3-c3ccc(Br)cc32)cc1.